The highest BCUT2D eigenvalue weighted by atomic mass is 35.5. The zero-order valence-electron chi connectivity index (χ0n) is 16.4. The lowest BCUT2D eigenvalue weighted by atomic mass is 10.2. The van der Waals surface area contributed by atoms with Crippen molar-refractivity contribution in [1.82, 2.24) is 14.7 Å². The average Bonchev–Trinajstić information content (AvgIpc) is 3.11. The van der Waals surface area contributed by atoms with E-state index in [0.29, 0.717) is 0 Å². The second-order valence-electron chi connectivity index (χ2n) is 6.43. The van der Waals surface area contributed by atoms with Gasteiger partial charge in [-0.05, 0) is 38.0 Å². The van der Waals surface area contributed by atoms with Gasteiger partial charge < -0.3 is 14.8 Å². The maximum atomic E-state index is 5.80. The van der Waals surface area contributed by atoms with E-state index in [9.17, 15) is 0 Å². The minimum Gasteiger partial charge on any atom is -0.493 e. The smallest absolute Gasteiger partial charge is 0.194 e. The van der Waals surface area contributed by atoms with E-state index in [1.165, 1.54) is 16.1 Å². The average molecular weight is 410 g/mol. The number of nitrogens with one attached hydrogen (secondary N) is 1. The Morgan fingerprint density at radius 1 is 1.19 bits per heavy atom. The van der Waals surface area contributed by atoms with Gasteiger partial charge in [-0.1, -0.05) is 19.4 Å². The molecule has 0 aliphatic rings. The monoisotopic (exact) mass is 409 g/mol. The summed E-state index contributed by atoms with van der Waals surface area (Å²) in [6.45, 7) is 8.60. The molecule has 0 spiro atoms. The molecule has 0 amide bonds. The Labute approximate surface area is 171 Å². The summed E-state index contributed by atoms with van der Waals surface area (Å²) >= 11 is 1.73. The molecule has 2 heterocycles. The molecule has 5 nitrogen and oxygen atoms in total. The normalized spacial score (nSPS) is 10.8. The van der Waals surface area contributed by atoms with Gasteiger partial charge in [0.15, 0.2) is 16.5 Å². The van der Waals surface area contributed by atoms with Crippen LogP contribution in [0, 0.1) is 13.8 Å². The summed E-state index contributed by atoms with van der Waals surface area (Å²) in [6, 6.07) is 6.13. The van der Waals surface area contributed by atoms with Gasteiger partial charge in [0.2, 0.25) is 0 Å². The van der Waals surface area contributed by atoms with Gasteiger partial charge in [-0.2, -0.15) is 0 Å². The third-order valence-electron chi connectivity index (χ3n) is 4.35. The number of rotatable bonds is 9. The number of hydrogen-bond acceptors (Lipinski definition) is 5. The van der Waals surface area contributed by atoms with Crippen molar-refractivity contribution in [2.75, 3.05) is 13.7 Å². The third-order valence-corrected chi connectivity index (χ3v) is 5.24. The number of aromatic nitrogens is 2. The number of halogens is 1. The molecular weight excluding hydrogens is 382 g/mol. The van der Waals surface area contributed by atoms with Gasteiger partial charge in [0, 0.05) is 24.2 Å². The predicted octanol–water partition coefficient (Wildman–Crippen LogP) is 4.91. The van der Waals surface area contributed by atoms with E-state index in [0.717, 1.165) is 54.7 Å². The van der Waals surface area contributed by atoms with Gasteiger partial charge in [0.05, 0.1) is 25.1 Å². The summed E-state index contributed by atoms with van der Waals surface area (Å²) in [5.41, 5.74) is 3.47. The summed E-state index contributed by atoms with van der Waals surface area (Å²) in [4.78, 5) is 6.98. The Balaban J connectivity index is 0.00000261. The van der Waals surface area contributed by atoms with Gasteiger partial charge in [0.25, 0.3) is 0 Å². The standard InChI is InChI=1S/C20H27N3O2S.ClH/c1-5-6-9-25-18-8-7-16(10-19(18)24-4)11-21-12-17-15(3)22-20-23(17)13-14(2)26-20;/h7-8,10,13,21H,5-6,9,11-12H2,1-4H3;1H. The predicted molar refractivity (Wildman–Crippen MR) is 114 cm³/mol. The minimum absolute atomic E-state index is 0. The highest BCUT2D eigenvalue weighted by Gasteiger charge is 2.11. The van der Waals surface area contributed by atoms with E-state index >= 15 is 0 Å². The van der Waals surface area contributed by atoms with Crippen LogP contribution in [-0.2, 0) is 13.1 Å². The van der Waals surface area contributed by atoms with Gasteiger partial charge in [-0.15, -0.1) is 23.7 Å². The van der Waals surface area contributed by atoms with Crippen molar-refractivity contribution in [3.63, 3.8) is 0 Å². The molecule has 1 aromatic carbocycles. The fourth-order valence-corrected chi connectivity index (χ4v) is 3.80. The lowest BCUT2D eigenvalue weighted by Gasteiger charge is -2.12. The minimum atomic E-state index is 0. The number of thiazole rings is 1. The van der Waals surface area contributed by atoms with E-state index in [1.807, 2.05) is 12.1 Å². The van der Waals surface area contributed by atoms with Crippen LogP contribution in [0.25, 0.3) is 4.96 Å². The van der Waals surface area contributed by atoms with Crippen LogP contribution in [-0.4, -0.2) is 23.1 Å². The van der Waals surface area contributed by atoms with Crippen molar-refractivity contribution in [3.8, 4) is 11.5 Å². The molecule has 0 unspecified atom stereocenters. The van der Waals surface area contributed by atoms with Gasteiger partial charge in [0.1, 0.15) is 0 Å². The quantitative estimate of drug-likeness (QED) is 0.510. The SMILES string of the molecule is CCCCOc1ccc(CNCc2c(C)nc3sc(C)cn23)cc1OC.Cl. The Kier molecular flexibility index (Phi) is 7.95. The molecule has 0 saturated carbocycles. The van der Waals surface area contributed by atoms with Crippen molar-refractivity contribution in [2.45, 2.75) is 46.7 Å². The van der Waals surface area contributed by atoms with Crippen molar-refractivity contribution in [2.24, 2.45) is 0 Å². The molecule has 0 bridgehead atoms. The van der Waals surface area contributed by atoms with Gasteiger partial charge >= 0.3 is 0 Å². The van der Waals surface area contributed by atoms with Crippen LogP contribution in [0.2, 0.25) is 0 Å². The highest BCUT2D eigenvalue weighted by molar-refractivity contribution is 7.17. The van der Waals surface area contributed by atoms with Crippen molar-refractivity contribution < 1.29 is 9.47 Å². The molecule has 0 atom stereocenters. The van der Waals surface area contributed by atoms with Crippen molar-refractivity contribution >= 4 is 28.7 Å². The van der Waals surface area contributed by atoms with Crippen molar-refractivity contribution in [1.29, 1.82) is 0 Å². The first-order chi connectivity index (χ1) is 12.6. The van der Waals surface area contributed by atoms with Crippen LogP contribution in [0.1, 0.15) is 41.6 Å². The Morgan fingerprint density at radius 2 is 2.00 bits per heavy atom. The second-order valence-corrected chi connectivity index (χ2v) is 7.64. The van der Waals surface area contributed by atoms with E-state index in [-0.39, 0.29) is 12.4 Å². The zero-order chi connectivity index (χ0) is 18.5. The third kappa shape index (κ3) is 5.15. The Morgan fingerprint density at radius 3 is 2.74 bits per heavy atom. The number of imidazole rings is 1. The lowest BCUT2D eigenvalue weighted by molar-refractivity contribution is 0.288. The summed E-state index contributed by atoms with van der Waals surface area (Å²) in [7, 11) is 1.69. The Bertz CT molecular complexity index is 876. The van der Waals surface area contributed by atoms with E-state index in [4.69, 9.17) is 9.47 Å². The Hall–Kier alpha value is -1.76. The zero-order valence-corrected chi connectivity index (χ0v) is 18.0. The van der Waals surface area contributed by atoms with Crippen LogP contribution < -0.4 is 14.8 Å². The number of ether oxygens (including phenoxy) is 2. The first kappa shape index (κ1) is 21.5. The molecule has 3 rings (SSSR count). The number of unbranched alkanes of at least 4 members (excludes halogenated alkanes) is 1. The van der Waals surface area contributed by atoms with E-state index in [2.05, 4.69) is 47.7 Å². The summed E-state index contributed by atoms with van der Waals surface area (Å²) in [5, 5.41) is 3.52. The first-order valence-corrected chi connectivity index (χ1v) is 9.88. The molecule has 7 heteroatoms. The number of fused-ring (bicyclic) bond motifs is 1. The molecule has 148 valence electrons. The van der Waals surface area contributed by atoms with Crippen molar-refractivity contribution in [3.05, 3.63) is 46.2 Å². The molecule has 0 radical (unpaired) electrons. The van der Waals surface area contributed by atoms with E-state index in [1.54, 1.807) is 18.4 Å². The fourth-order valence-electron chi connectivity index (χ4n) is 2.91. The lowest BCUT2D eigenvalue weighted by Crippen LogP contribution is -2.15. The molecule has 27 heavy (non-hydrogen) atoms. The van der Waals surface area contributed by atoms with Crippen LogP contribution in [0.4, 0.5) is 0 Å². The van der Waals surface area contributed by atoms with Crippen LogP contribution >= 0.6 is 23.7 Å². The molecule has 0 fully saturated rings. The topological polar surface area (TPSA) is 47.8 Å². The van der Waals surface area contributed by atoms with E-state index < -0.39 is 0 Å². The molecule has 0 aliphatic carbocycles. The molecule has 2 aromatic heterocycles. The van der Waals surface area contributed by atoms with Crippen LogP contribution in [0.3, 0.4) is 0 Å². The maximum absolute atomic E-state index is 5.80. The molecular formula is C20H28ClN3O2S. The number of nitrogens with zero attached hydrogens (tertiary/aromatic N) is 2. The summed E-state index contributed by atoms with van der Waals surface area (Å²) in [5.74, 6) is 1.60. The highest BCUT2D eigenvalue weighted by Crippen LogP contribution is 2.28. The fraction of sp³-hybridized carbons (Fsp3) is 0.450. The number of aryl methyl sites for hydroxylation is 2. The first-order valence-electron chi connectivity index (χ1n) is 9.06. The molecule has 0 saturated heterocycles. The van der Waals surface area contributed by atoms with Crippen LogP contribution in [0.15, 0.2) is 24.4 Å². The van der Waals surface area contributed by atoms with Gasteiger partial charge in [-0.25, -0.2) is 4.98 Å². The number of benzene rings is 1. The van der Waals surface area contributed by atoms with Crippen LogP contribution in [0.5, 0.6) is 11.5 Å². The summed E-state index contributed by atoms with van der Waals surface area (Å²) in [6.07, 6.45) is 4.32. The number of hydrogen-bond donors (Lipinski definition) is 1. The largest absolute Gasteiger partial charge is 0.493 e. The molecule has 3 aromatic rings. The maximum Gasteiger partial charge on any atom is 0.194 e. The molecule has 0 aliphatic heterocycles. The van der Waals surface area contributed by atoms with Gasteiger partial charge in [-0.3, -0.25) is 4.40 Å². The summed E-state index contributed by atoms with van der Waals surface area (Å²) < 4.78 is 13.5. The molecule has 1 N–H and O–H groups in total. The second kappa shape index (κ2) is 9.97. The number of methoxy groups -OCH3 is 1.